The third-order valence-corrected chi connectivity index (χ3v) is 5.18. The van der Waals surface area contributed by atoms with Crippen molar-refractivity contribution in [2.75, 3.05) is 12.4 Å². The zero-order valence-corrected chi connectivity index (χ0v) is 15.8. The molecule has 0 spiro atoms. The summed E-state index contributed by atoms with van der Waals surface area (Å²) in [5.74, 6) is 1.46. The predicted octanol–water partition coefficient (Wildman–Crippen LogP) is 4.42. The first-order valence-corrected chi connectivity index (χ1v) is 9.44. The van der Waals surface area contributed by atoms with Crippen LogP contribution < -0.4 is 10.1 Å². The summed E-state index contributed by atoms with van der Waals surface area (Å²) in [5, 5.41) is 12.3. The van der Waals surface area contributed by atoms with Crippen molar-refractivity contribution >= 4 is 5.69 Å². The van der Waals surface area contributed by atoms with Crippen molar-refractivity contribution in [2.45, 2.75) is 32.4 Å². The van der Waals surface area contributed by atoms with Crippen molar-refractivity contribution < 1.29 is 4.74 Å². The van der Waals surface area contributed by atoms with E-state index in [2.05, 4.69) is 59.3 Å². The average molecular weight is 361 g/mol. The van der Waals surface area contributed by atoms with Crippen molar-refractivity contribution in [3.8, 4) is 17.0 Å². The molecule has 1 aromatic heterocycles. The molecule has 0 saturated heterocycles. The maximum atomic E-state index is 5.29. The Balaban J connectivity index is 1.48. The Hall–Kier alpha value is -2.82. The van der Waals surface area contributed by atoms with E-state index in [9.17, 15) is 0 Å². The van der Waals surface area contributed by atoms with Gasteiger partial charge in [0.15, 0.2) is 0 Å². The predicted molar refractivity (Wildman–Crippen MR) is 108 cm³/mol. The normalized spacial score (nSPS) is 19.2. The van der Waals surface area contributed by atoms with Gasteiger partial charge in [-0.15, -0.1) is 5.10 Å². The summed E-state index contributed by atoms with van der Waals surface area (Å²) in [6.45, 7) is 2.94. The summed E-state index contributed by atoms with van der Waals surface area (Å²) in [7, 11) is 1.68. The van der Waals surface area contributed by atoms with Crippen molar-refractivity contribution in [1.29, 1.82) is 0 Å². The molecular weight excluding hydrogens is 336 g/mol. The van der Waals surface area contributed by atoms with Crippen LogP contribution in [0.5, 0.6) is 5.75 Å². The first-order valence-electron chi connectivity index (χ1n) is 9.44. The lowest BCUT2D eigenvalue weighted by atomic mass is 10.1. The zero-order valence-electron chi connectivity index (χ0n) is 15.8. The maximum Gasteiger partial charge on any atom is 0.119 e. The SMILES string of the molecule is COc1cccc(Cn2cc(-c3cccc(NC4CC[CH]C4C)c3)nn2)c1. The molecule has 5 heteroatoms. The van der Waals surface area contributed by atoms with Gasteiger partial charge in [0, 0.05) is 17.3 Å². The van der Waals surface area contributed by atoms with Crippen LogP contribution in [0.2, 0.25) is 0 Å². The lowest BCUT2D eigenvalue weighted by molar-refractivity contribution is 0.414. The standard InChI is InChI=1S/C22H25N4O/c1-16-6-3-11-21(16)23-19-9-5-8-18(13-19)22-15-26(25-24-22)14-17-7-4-10-20(12-17)27-2/h4-10,12-13,15-16,21,23H,3,11,14H2,1-2H3. The van der Waals surface area contributed by atoms with Crippen molar-refractivity contribution in [3.63, 3.8) is 0 Å². The van der Waals surface area contributed by atoms with Crippen molar-refractivity contribution in [3.05, 3.63) is 66.7 Å². The first-order chi connectivity index (χ1) is 13.2. The van der Waals surface area contributed by atoms with Crippen LogP contribution in [0, 0.1) is 12.3 Å². The number of anilines is 1. The molecule has 2 aromatic carbocycles. The van der Waals surface area contributed by atoms with Crippen molar-refractivity contribution in [2.24, 2.45) is 5.92 Å². The van der Waals surface area contributed by atoms with Crippen LogP contribution in [-0.4, -0.2) is 28.1 Å². The van der Waals surface area contributed by atoms with E-state index in [0.29, 0.717) is 18.5 Å². The van der Waals surface area contributed by atoms with Gasteiger partial charge in [-0.3, -0.25) is 0 Å². The molecule has 1 N–H and O–H groups in total. The molecule has 1 aliphatic rings. The summed E-state index contributed by atoms with van der Waals surface area (Å²) in [4.78, 5) is 0. The van der Waals surface area contributed by atoms with Gasteiger partial charge in [-0.2, -0.15) is 0 Å². The molecular formula is C22H25N4O. The lowest BCUT2D eigenvalue weighted by Gasteiger charge is -2.18. The summed E-state index contributed by atoms with van der Waals surface area (Å²) in [6.07, 6.45) is 6.77. The van der Waals surface area contributed by atoms with Crippen molar-refractivity contribution in [1.82, 2.24) is 15.0 Å². The highest BCUT2D eigenvalue weighted by atomic mass is 16.5. The second-order valence-electron chi connectivity index (χ2n) is 7.16. The summed E-state index contributed by atoms with van der Waals surface area (Å²) in [6, 6.07) is 17.0. The number of rotatable bonds is 6. The molecule has 0 bridgehead atoms. The molecule has 139 valence electrons. The van der Waals surface area contributed by atoms with Gasteiger partial charge in [0.25, 0.3) is 0 Å². The molecule has 27 heavy (non-hydrogen) atoms. The smallest absolute Gasteiger partial charge is 0.119 e. The highest BCUT2D eigenvalue weighted by Gasteiger charge is 2.23. The number of benzene rings is 2. The summed E-state index contributed by atoms with van der Waals surface area (Å²) >= 11 is 0. The number of aromatic nitrogens is 3. The highest BCUT2D eigenvalue weighted by molar-refractivity contribution is 5.64. The Labute approximate surface area is 160 Å². The minimum Gasteiger partial charge on any atom is -0.497 e. The third kappa shape index (κ3) is 4.13. The monoisotopic (exact) mass is 361 g/mol. The van der Waals surface area contributed by atoms with Gasteiger partial charge >= 0.3 is 0 Å². The highest BCUT2D eigenvalue weighted by Crippen LogP contribution is 2.28. The summed E-state index contributed by atoms with van der Waals surface area (Å²) in [5.41, 5.74) is 4.23. The lowest BCUT2D eigenvalue weighted by Crippen LogP contribution is -2.21. The Kier molecular flexibility index (Phi) is 5.10. The van der Waals surface area contributed by atoms with E-state index in [1.54, 1.807) is 7.11 Å². The number of nitrogens with zero attached hydrogens (tertiary/aromatic N) is 3. The second-order valence-corrected chi connectivity index (χ2v) is 7.16. The number of hydrogen-bond acceptors (Lipinski definition) is 4. The Morgan fingerprint density at radius 2 is 2.07 bits per heavy atom. The van der Waals surface area contributed by atoms with Crippen LogP contribution in [0.3, 0.4) is 0 Å². The number of methoxy groups -OCH3 is 1. The molecule has 1 radical (unpaired) electrons. The summed E-state index contributed by atoms with van der Waals surface area (Å²) < 4.78 is 7.15. The second kappa shape index (κ2) is 7.82. The van der Waals surface area contributed by atoms with Gasteiger partial charge in [0.2, 0.25) is 0 Å². The van der Waals surface area contributed by atoms with E-state index >= 15 is 0 Å². The Morgan fingerprint density at radius 1 is 1.19 bits per heavy atom. The van der Waals surface area contributed by atoms with Gasteiger partial charge in [-0.25, -0.2) is 4.68 Å². The van der Waals surface area contributed by atoms with E-state index in [1.165, 1.54) is 12.8 Å². The molecule has 0 amide bonds. The largest absolute Gasteiger partial charge is 0.497 e. The van der Waals surface area contributed by atoms with Crippen LogP contribution in [0.1, 0.15) is 25.3 Å². The van der Waals surface area contributed by atoms with Crippen LogP contribution in [0.4, 0.5) is 5.69 Å². The topological polar surface area (TPSA) is 52.0 Å². The molecule has 3 aromatic rings. The molecule has 4 rings (SSSR count). The van der Waals surface area contributed by atoms with Crippen LogP contribution in [-0.2, 0) is 6.54 Å². The van der Waals surface area contributed by atoms with E-state index < -0.39 is 0 Å². The van der Waals surface area contributed by atoms with E-state index in [-0.39, 0.29) is 0 Å². The minimum absolute atomic E-state index is 0.518. The molecule has 1 saturated carbocycles. The molecule has 1 aliphatic carbocycles. The molecule has 1 heterocycles. The van der Waals surface area contributed by atoms with Gasteiger partial charge in [-0.1, -0.05) is 36.4 Å². The fourth-order valence-corrected chi connectivity index (χ4v) is 3.62. The minimum atomic E-state index is 0.518. The van der Waals surface area contributed by atoms with Gasteiger partial charge in [-0.05, 0) is 55.0 Å². The molecule has 5 nitrogen and oxygen atoms in total. The maximum absolute atomic E-state index is 5.29. The quantitative estimate of drug-likeness (QED) is 0.706. The number of ether oxygens (including phenoxy) is 1. The molecule has 0 aliphatic heterocycles. The zero-order chi connectivity index (χ0) is 18.6. The first kappa shape index (κ1) is 17.6. The fourth-order valence-electron chi connectivity index (χ4n) is 3.62. The molecule has 1 fully saturated rings. The van der Waals surface area contributed by atoms with E-state index in [1.807, 2.05) is 29.1 Å². The van der Waals surface area contributed by atoms with Gasteiger partial charge in [0.1, 0.15) is 11.4 Å². The Bertz CT molecular complexity index is 905. The Morgan fingerprint density at radius 3 is 2.89 bits per heavy atom. The van der Waals surface area contributed by atoms with E-state index in [0.717, 1.165) is 28.3 Å². The average Bonchev–Trinajstić information content (AvgIpc) is 3.32. The molecule has 2 atom stereocenters. The number of nitrogens with one attached hydrogen (secondary N) is 1. The van der Waals surface area contributed by atoms with Gasteiger partial charge in [0.05, 0.1) is 19.9 Å². The van der Waals surface area contributed by atoms with Crippen LogP contribution in [0.15, 0.2) is 54.7 Å². The molecule has 2 unspecified atom stereocenters. The third-order valence-electron chi connectivity index (χ3n) is 5.18. The fraction of sp³-hybridized carbons (Fsp3) is 0.318. The van der Waals surface area contributed by atoms with Gasteiger partial charge < -0.3 is 10.1 Å². The van der Waals surface area contributed by atoms with E-state index in [4.69, 9.17) is 4.74 Å². The van der Waals surface area contributed by atoms with Crippen LogP contribution in [0.25, 0.3) is 11.3 Å². The number of hydrogen-bond donors (Lipinski definition) is 1. The van der Waals surface area contributed by atoms with Crippen LogP contribution >= 0.6 is 0 Å².